The topological polar surface area (TPSA) is 89.3 Å². The molecule has 154 valence electrons. The average Bonchev–Trinajstić information content (AvgIpc) is 3.00. The summed E-state index contributed by atoms with van der Waals surface area (Å²) < 4.78 is 5.15. The molecular formula is C23H23ClN4O2. The Labute approximate surface area is 180 Å². The molecule has 1 unspecified atom stereocenters. The number of halogens is 1. The molecule has 7 heteroatoms. The van der Waals surface area contributed by atoms with Crippen LogP contribution in [0.25, 0.3) is 11.1 Å². The quantitative estimate of drug-likeness (QED) is 0.653. The highest BCUT2D eigenvalue weighted by molar-refractivity contribution is 6.34. The summed E-state index contributed by atoms with van der Waals surface area (Å²) in [5.74, 6) is 0.309. The van der Waals surface area contributed by atoms with Crippen LogP contribution < -0.4 is 16.4 Å². The Morgan fingerprint density at radius 1 is 1.30 bits per heavy atom. The lowest BCUT2D eigenvalue weighted by Crippen LogP contribution is -2.28. The maximum absolute atomic E-state index is 12.7. The number of amides is 1. The van der Waals surface area contributed by atoms with Crippen molar-refractivity contribution in [3.05, 3.63) is 76.6 Å². The Bertz CT molecular complexity index is 1050. The van der Waals surface area contributed by atoms with Crippen molar-refractivity contribution in [3.63, 3.8) is 0 Å². The largest absolute Gasteiger partial charge is 0.469 e. The Morgan fingerprint density at radius 2 is 2.20 bits per heavy atom. The van der Waals surface area contributed by atoms with Crippen LogP contribution >= 0.6 is 11.6 Å². The summed E-state index contributed by atoms with van der Waals surface area (Å²) in [5.41, 5.74) is 12.4. The van der Waals surface area contributed by atoms with Crippen molar-refractivity contribution in [2.24, 2.45) is 5.73 Å². The summed E-state index contributed by atoms with van der Waals surface area (Å²) >= 11 is 6.34. The highest BCUT2D eigenvalue weighted by atomic mass is 35.5. The minimum atomic E-state index is -0.306. The van der Waals surface area contributed by atoms with E-state index in [-0.39, 0.29) is 18.4 Å². The first-order valence-corrected chi connectivity index (χ1v) is 10.3. The van der Waals surface area contributed by atoms with Crippen LogP contribution in [0, 0.1) is 0 Å². The maximum atomic E-state index is 12.7. The number of ether oxygens (including phenoxy) is 1. The maximum Gasteiger partial charge on any atom is 0.256 e. The summed E-state index contributed by atoms with van der Waals surface area (Å²) in [6.45, 7) is 2.25. The fourth-order valence-corrected chi connectivity index (χ4v) is 3.76. The van der Waals surface area contributed by atoms with Crippen LogP contribution in [-0.2, 0) is 9.53 Å². The molecule has 1 aromatic heterocycles. The number of benzene rings is 1. The molecular weight excluding hydrogens is 400 g/mol. The third-order valence-corrected chi connectivity index (χ3v) is 5.58. The standard InChI is InChI=1S/C23H23ClN4O2/c24-20-5-3-16(18-10-19(14-27-13-18)17-2-1-8-26-12-17)11-21(20)28-23(29)15-4-6-22(25)30-9-7-15/h3-5,7,10-11,13-14,17,26H,1-2,8-9,12,25H2,(H,28,29). The number of hydrogen-bond donors (Lipinski definition) is 3. The van der Waals surface area contributed by atoms with Gasteiger partial charge in [-0.2, -0.15) is 0 Å². The number of piperidine rings is 1. The molecule has 1 atom stereocenters. The van der Waals surface area contributed by atoms with Crippen molar-refractivity contribution in [3.8, 4) is 11.1 Å². The number of nitrogens with zero attached hydrogens (tertiary/aromatic N) is 1. The fraction of sp³-hybridized carbons (Fsp3) is 0.261. The van der Waals surface area contributed by atoms with Gasteiger partial charge in [0.25, 0.3) is 5.91 Å². The molecule has 0 saturated carbocycles. The van der Waals surface area contributed by atoms with E-state index in [1.807, 2.05) is 24.5 Å². The van der Waals surface area contributed by atoms with Crippen molar-refractivity contribution in [2.75, 3.05) is 25.0 Å². The zero-order valence-corrected chi connectivity index (χ0v) is 17.2. The number of carbonyl (C=O) groups is 1. The van der Waals surface area contributed by atoms with Crippen molar-refractivity contribution in [1.29, 1.82) is 0 Å². The van der Waals surface area contributed by atoms with Gasteiger partial charge in [-0.05, 0) is 66.8 Å². The number of nitrogens with one attached hydrogen (secondary N) is 2. The van der Waals surface area contributed by atoms with E-state index in [1.165, 1.54) is 18.1 Å². The van der Waals surface area contributed by atoms with Gasteiger partial charge in [0.2, 0.25) is 5.88 Å². The van der Waals surface area contributed by atoms with Gasteiger partial charge < -0.3 is 21.1 Å². The van der Waals surface area contributed by atoms with Crippen LogP contribution in [0.3, 0.4) is 0 Å². The number of nitrogens with two attached hydrogens (primary N) is 1. The molecule has 2 aliphatic heterocycles. The van der Waals surface area contributed by atoms with E-state index in [9.17, 15) is 4.79 Å². The molecule has 4 rings (SSSR count). The minimum Gasteiger partial charge on any atom is -0.469 e. The van der Waals surface area contributed by atoms with E-state index in [0.717, 1.165) is 30.6 Å². The van der Waals surface area contributed by atoms with Crippen molar-refractivity contribution >= 4 is 23.2 Å². The monoisotopic (exact) mass is 422 g/mol. The summed E-state index contributed by atoms with van der Waals surface area (Å²) in [5, 5.41) is 6.76. The second kappa shape index (κ2) is 9.18. The Balaban J connectivity index is 1.57. The first kappa shape index (κ1) is 20.2. The molecule has 3 heterocycles. The van der Waals surface area contributed by atoms with Crippen molar-refractivity contribution in [2.45, 2.75) is 18.8 Å². The molecule has 6 nitrogen and oxygen atoms in total. The lowest BCUT2D eigenvalue weighted by Gasteiger charge is -2.23. The van der Waals surface area contributed by atoms with Crippen LogP contribution in [0.4, 0.5) is 5.69 Å². The Kier molecular flexibility index (Phi) is 6.19. The second-order valence-corrected chi connectivity index (χ2v) is 7.73. The van der Waals surface area contributed by atoms with E-state index in [1.54, 1.807) is 12.1 Å². The third kappa shape index (κ3) is 4.74. The summed E-state index contributed by atoms with van der Waals surface area (Å²) in [6, 6.07) is 7.74. The third-order valence-electron chi connectivity index (χ3n) is 5.25. The van der Waals surface area contributed by atoms with Crippen LogP contribution in [0.1, 0.15) is 24.3 Å². The lowest BCUT2D eigenvalue weighted by atomic mass is 9.91. The van der Waals surface area contributed by atoms with E-state index < -0.39 is 0 Å². The Hall–Kier alpha value is -3.05. The highest BCUT2D eigenvalue weighted by Crippen LogP contribution is 2.31. The second-order valence-electron chi connectivity index (χ2n) is 7.32. The van der Waals surface area contributed by atoms with Gasteiger partial charge in [-0.15, -0.1) is 0 Å². The van der Waals surface area contributed by atoms with Crippen LogP contribution in [0.15, 0.2) is 66.0 Å². The minimum absolute atomic E-state index is 0.148. The normalized spacial score (nSPS) is 18.6. The summed E-state index contributed by atoms with van der Waals surface area (Å²) in [4.78, 5) is 17.1. The van der Waals surface area contributed by atoms with Crippen LogP contribution in [0.5, 0.6) is 0 Å². The van der Waals surface area contributed by atoms with E-state index >= 15 is 0 Å². The van der Waals surface area contributed by atoms with Crippen LogP contribution in [-0.4, -0.2) is 30.6 Å². The highest BCUT2D eigenvalue weighted by Gasteiger charge is 2.17. The molecule has 4 N–H and O–H groups in total. The number of rotatable bonds is 4. The van der Waals surface area contributed by atoms with Gasteiger partial charge in [0.1, 0.15) is 6.61 Å². The smallest absolute Gasteiger partial charge is 0.256 e. The number of pyridine rings is 1. The van der Waals surface area contributed by atoms with Gasteiger partial charge in [0, 0.05) is 30.1 Å². The molecule has 30 heavy (non-hydrogen) atoms. The van der Waals surface area contributed by atoms with E-state index in [4.69, 9.17) is 22.1 Å². The molecule has 1 amide bonds. The van der Waals surface area contributed by atoms with Gasteiger partial charge in [-0.3, -0.25) is 9.78 Å². The number of aromatic nitrogens is 1. The molecule has 1 aromatic carbocycles. The molecule has 2 aromatic rings. The predicted octanol–water partition coefficient (Wildman–Crippen LogP) is 3.72. The first-order valence-electron chi connectivity index (χ1n) is 9.92. The fourth-order valence-electron chi connectivity index (χ4n) is 3.60. The first-order chi connectivity index (χ1) is 14.6. The molecule has 0 aliphatic carbocycles. The van der Waals surface area contributed by atoms with E-state index in [2.05, 4.69) is 27.4 Å². The summed E-state index contributed by atoms with van der Waals surface area (Å²) in [6.07, 6.45) is 9.24. The molecule has 2 aliphatic rings. The lowest BCUT2D eigenvalue weighted by molar-refractivity contribution is -0.112. The molecule has 0 radical (unpaired) electrons. The summed E-state index contributed by atoms with van der Waals surface area (Å²) in [7, 11) is 0. The van der Waals surface area contributed by atoms with Gasteiger partial charge in [-0.1, -0.05) is 23.4 Å². The molecule has 1 fully saturated rings. The predicted molar refractivity (Wildman–Crippen MR) is 118 cm³/mol. The molecule has 0 bridgehead atoms. The van der Waals surface area contributed by atoms with Gasteiger partial charge >= 0.3 is 0 Å². The van der Waals surface area contributed by atoms with Crippen molar-refractivity contribution in [1.82, 2.24) is 10.3 Å². The number of hydrogen-bond acceptors (Lipinski definition) is 5. The van der Waals surface area contributed by atoms with Gasteiger partial charge in [0.15, 0.2) is 0 Å². The van der Waals surface area contributed by atoms with Crippen LogP contribution in [0.2, 0.25) is 5.02 Å². The van der Waals surface area contributed by atoms with Gasteiger partial charge in [-0.25, -0.2) is 0 Å². The SMILES string of the molecule is NC1=C=CC(C(=O)Nc2cc(-c3cncc(C4CCCNC4)c3)ccc2Cl)=CCO1. The number of carbonyl (C=O) groups excluding carboxylic acids is 1. The van der Waals surface area contributed by atoms with Crippen molar-refractivity contribution < 1.29 is 9.53 Å². The number of anilines is 1. The van der Waals surface area contributed by atoms with E-state index in [0.29, 0.717) is 22.2 Å². The zero-order chi connectivity index (χ0) is 20.9. The molecule has 1 saturated heterocycles. The zero-order valence-electron chi connectivity index (χ0n) is 16.5. The molecule has 0 spiro atoms. The Morgan fingerprint density at radius 3 is 3.03 bits per heavy atom. The average molecular weight is 423 g/mol. The van der Waals surface area contributed by atoms with Gasteiger partial charge in [0.05, 0.1) is 10.7 Å².